The fraction of sp³-hybridized carbons (Fsp3) is 0.357. The van der Waals surface area contributed by atoms with Gasteiger partial charge in [0.15, 0.2) is 5.76 Å². The maximum absolute atomic E-state index is 12.1. The molecule has 0 N–H and O–H groups in total. The summed E-state index contributed by atoms with van der Waals surface area (Å²) in [6.45, 7) is 2.47. The molecule has 2 heterocycles. The van der Waals surface area contributed by atoms with Gasteiger partial charge in [0.1, 0.15) is 5.58 Å². The van der Waals surface area contributed by atoms with E-state index in [0.29, 0.717) is 12.3 Å². The van der Waals surface area contributed by atoms with Gasteiger partial charge in [-0.2, -0.15) is 11.8 Å². The van der Waals surface area contributed by atoms with Crippen molar-refractivity contribution in [1.29, 1.82) is 0 Å². The van der Waals surface area contributed by atoms with Crippen LogP contribution in [0.2, 0.25) is 0 Å². The second kappa shape index (κ2) is 5.16. The Morgan fingerprint density at radius 2 is 2.06 bits per heavy atom. The van der Waals surface area contributed by atoms with Crippen LogP contribution in [0.4, 0.5) is 0 Å². The number of benzene rings is 1. The van der Waals surface area contributed by atoms with Gasteiger partial charge in [0, 0.05) is 30.0 Å². The topological polar surface area (TPSA) is 33.5 Å². The van der Waals surface area contributed by atoms with Crippen LogP contribution in [0.3, 0.4) is 0 Å². The summed E-state index contributed by atoms with van der Waals surface area (Å²) in [5.74, 6) is 2.80. The largest absolute Gasteiger partial charge is 0.453 e. The van der Waals surface area contributed by atoms with Crippen molar-refractivity contribution in [2.24, 2.45) is 0 Å². The molecule has 94 valence electrons. The van der Waals surface area contributed by atoms with Crippen molar-refractivity contribution in [3.63, 3.8) is 0 Å². The summed E-state index contributed by atoms with van der Waals surface area (Å²) in [7, 11) is 0. The van der Waals surface area contributed by atoms with Crippen molar-refractivity contribution in [2.75, 3.05) is 31.1 Å². The van der Waals surface area contributed by atoms with Crippen molar-refractivity contribution in [1.82, 2.24) is 4.90 Å². The highest BCUT2D eigenvalue weighted by atomic mass is 32.2. The molecule has 4 heteroatoms. The molecule has 18 heavy (non-hydrogen) atoms. The highest BCUT2D eigenvalue weighted by molar-refractivity contribution is 7.99. The summed E-state index contributed by atoms with van der Waals surface area (Å²) in [5.41, 5.74) is 0.787. The van der Waals surface area contributed by atoms with Gasteiger partial charge in [-0.05, 0) is 12.1 Å². The molecular weight excluding hydrogens is 246 g/mol. The van der Waals surface area contributed by atoms with Gasteiger partial charge in [-0.15, -0.1) is 0 Å². The van der Waals surface area contributed by atoms with Crippen LogP contribution >= 0.6 is 11.8 Å². The minimum Gasteiger partial charge on any atom is -0.453 e. The van der Waals surface area contributed by atoms with E-state index in [2.05, 4.69) is 4.90 Å². The number of hydrogen-bond donors (Lipinski definition) is 0. The third-order valence-corrected chi connectivity index (χ3v) is 4.11. The van der Waals surface area contributed by atoms with E-state index >= 15 is 0 Å². The maximum atomic E-state index is 12.1. The number of furan rings is 1. The quantitative estimate of drug-likeness (QED) is 0.795. The summed E-state index contributed by atoms with van der Waals surface area (Å²) < 4.78 is 5.59. The number of carbonyl (C=O) groups excluding carboxylic acids is 1. The lowest BCUT2D eigenvalue weighted by Gasteiger charge is -2.24. The van der Waals surface area contributed by atoms with E-state index in [9.17, 15) is 4.79 Å². The van der Waals surface area contributed by atoms with Gasteiger partial charge in [0.2, 0.25) is 5.78 Å². The van der Waals surface area contributed by atoms with Crippen molar-refractivity contribution < 1.29 is 9.21 Å². The first kappa shape index (κ1) is 11.8. The number of para-hydroxylation sites is 1. The Morgan fingerprint density at radius 1 is 1.28 bits per heavy atom. The Labute approximate surface area is 110 Å². The monoisotopic (exact) mass is 261 g/mol. The normalized spacial score (nSPS) is 17.1. The van der Waals surface area contributed by atoms with Crippen LogP contribution in [0.1, 0.15) is 10.6 Å². The molecular formula is C14H15NO2S. The average molecular weight is 261 g/mol. The summed E-state index contributed by atoms with van der Waals surface area (Å²) in [5, 5.41) is 0.995. The predicted molar refractivity (Wildman–Crippen MR) is 74.3 cm³/mol. The number of hydrogen-bond acceptors (Lipinski definition) is 4. The molecule has 0 saturated carbocycles. The summed E-state index contributed by atoms with van der Waals surface area (Å²) in [4.78, 5) is 14.3. The van der Waals surface area contributed by atoms with Crippen LogP contribution < -0.4 is 0 Å². The van der Waals surface area contributed by atoms with E-state index in [1.807, 2.05) is 42.1 Å². The molecule has 3 nitrogen and oxygen atoms in total. The van der Waals surface area contributed by atoms with E-state index in [0.717, 1.165) is 35.6 Å². The van der Waals surface area contributed by atoms with Gasteiger partial charge >= 0.3 is 0 Å². The highest BCUT2D eigenvalue weighted by Crippen LogP contribution is 2.19. The molecule has 0 spiro atoms. The molecule has 1 aliphatic heterocycles. The Kier molecular flexibility index (Phi) is 3.39. The van der Waals surface area contributed by atoms with E-state index in [-0.39, 0.29) is 5.78 Å². The summed E-state index contributed by atoms with van der Waals surface area (Å²) in [6.07, 6.45) is 0. The Hall–Kier alpha value is -1.26. The number of nitrogens with zero attached hydrogens (tertiary/aromatic N) is 1. The first-order valence-corrected chi connectivity index (χ1v) is 7.30. The number of Topliss-reactive ketones (excluding diaryl/α,β-unsaturated/α-hetero) is 1. The van der Waals surface area contributed by atoms with Crippen LogP contribution in [0, 0.1) is 0 Å². The molecule has 1 saturated heterocycles. The molecule has 1 aromatic heterocycles. The molecule has 2 aromatic rings. The van der Waals surface area contributed by atoms with E-state index in [4.69, 9.17) is 4.42 Å². The van der Waals surface area contributed by atoms with E-state index in [1.54, 1.807) is 0 Å². The fourth-order valence-electron chi connectivity index (χ4n) is 2.16. The fourth-order valence-corrected chi connectivity index (χ4v) is 3.14. The molecule has 1 aromatic carbocycles. The number of ketones is 1. The number of thioether (sulfide) groups is 1. The zero-order valence-corrected chi connectivity index (χ0v) is 10.9. The molecule has 0 unspecified atom stereocenters. The SMILES string of the molecule is O=C(CN1CCSCC1)c1cc2ccccc2o1. The van der Waals surface area contributed by atoms with Crippen LogP contribution in [0.25, 0.3) is 11.0 Å². The zero-order chi connectivity index (χ0) is 12.4. The molecule has 0 amide bonds. The Morgan fingerprint density at radius 3 is 2.83 bits per heavy atom. The molecule has 1 fully saturated rings. The van der Waals surface area contributed by atoms with Crippen molar-refractivity contribution in [3.05, 3.63) is 36.1 Å². The lowest BCUT2D eigenvalue weighted by molar-refractivity contribution is 0.0912. The van der Waals surface area contributed by atoms with Crippen molar-refractivity contribution >= 4 is 28.5 Å². The lowest BCUT2D eigenvalue weighted by atomic mass is 10.2. The van der Waals surface area contributed by atoms with Gasteiger partial charge in [-0.1, -0.05) is 18.2 Å². The molecule has 0 radical (unpaired) electrons. The number of carbonyl (C=O) groups is 1. The number of rotatable bonds is 3. The first-order valence-electron chi connectivity index (χ1n) is 6.15. The highest BCUT2D eigenvalue weighted by Gasteiger charge is 2.18. The zero-order valence-electron chi connectivity index (χ0n) is 10.1. The first-order chi connectivity index (χ1) is 8.83. The summed E-state index contributed by atoms with van der Waals surface area (Å²) >= 11 is 1.95. The molecule has 1 aliphatic rings. The van der Waals surface area contributed by atoms with Gasteiger partial charge in [-0.3, -0.25) is 9.69 Å². The molecule has 0 aliphatic carbocycles. The second-order valence-electron chi connectivity index (χ2n) is 4.46. The second-order valence-corrected chi connectivity index (χ2v) is 5.68. The van der Waals surface area contributed by atoms with Crippen LogP contribution in [0.15, 0.2) is 34.7 Å². The predicted octanol–water partition coefficient (Wildman–Crippen LogP) is 2.66. The third-order valence-electron chi connectivity index (χ3n) is 3.17. The molecule has 3 rings (SSSR count). The maximum Gasteiger partial charge on any atom is 0.211 e. The van der Waals surface area contributed by atoms with Crippen LogP contribution in [-0.4, -0.2) is 41.8 Å². The van der Waals surface area contributed by atoms with Crippen molar-refractivity contribution in [3.8, 4) is 0 Å². The Balaban J connectivity index is 1.74. The Bertz CT molecular complexity index is 525. The molecule has 0 bridgehead atoms. The van der Waals surface area contributed by atoms with Crippen molar-refractivity contribution in [2.45, 2.75) is 0 Å². The van der Waals surface area contributed by atoms with E-state index in [1.165, 1.54) is 0 Å². The minimum atomic E-state index is 0.0816. The lowest BCUT2D eigenvalue weighted by Crippen LogP contribution is -2.36. The number of fused-ring (bicyclic) bond motifs is 1. The standard InChI is InChI=1S/C14H15NO2S/c16-12(10-15-5-7-18-8-6-15)14-9-11-3-1-2-4-13(11)17-14/h1-4,9H,5-8,10H2. The third kappa shape index (κ3) is 2.44. The van der Waals surface area contributed by atoms with Gasteiger partial charge < -0.3 is 4.42 Å². The summed E-state index contributed by atoms with van der Waals surface area (Å²) in [6, 6.07) is 9.57. The van der Waals surface area contributed by atoms with Gasteiger partial charge in [-0.25, -0.2) is 0 Å². The van der Waals surface area contributed by atoms with Crippen LogP contribution in [0.5, 0.6) is 0 Å². The van der Waals surface area contributed by atoms with Gasteiger partial charge in [0.05, 0.1) is 6.54 Å². The minimum absolute atomic E-state index is 0.0816. The smallest absolute Gasteiger partial charge is 0.211 e. The van der Waals surface area contributed by atoms with E-state index < -0.39 is 0 Å². The average Bonchev–Trinajstić information content (AvgIpc) is 2.84. The molecule has 0 atom stereocenters. The van der Waals surface area contributed by atoms with Gasteiger partial charge in [0.25, 0.3) is 0 Å². The van der Waals surface area contributed by atoms with Crippen LogP contribution in [-0.2, 0) is 0 Å².